The summed E-state index contributed by atoms with van der Waals surface area (Å²) in [5.74, 6) is -1.04. The van der Waals surface area contributed by atoms with Gasteiger partial charge in [0, 0.05) is 0 Å². The molecule has 0 fully saturated rings. The number of methoxy groups -OCH3 is 1. The topological polar surface area (TPSA) is 88.0 Å². The number of ether oxygens (including phenoxy) is 1. The average Bonchev–Trinajstić information content (AvgIpc) is 2.42. The molecule has 22 heavy (non-hydrogen) atoms. The number of hydrogen-bond acceptors (Lipinski definition) is 4. The molecule has 0 spiro atoms. The van der Waals surface area contributed by atoms with Crippen LogP contribution in [0.25, 0.3) is 0 Å². The number of amides is 1. The number of nitrogens with zero attached hydrogens (tertiary/aromatic N) is 1. The van der Waals surface area contributed by atoms with Crippen LogP contribution in [0.4, 0.5) is 5.69 Å². The number of hydrogen-bond donors (Lipinski definition) is 2. The maximum atomic E-state index is 11.8. The van der Waals surface area contributed by atoms with E-state index in [1.807, 2.05) is 0 Å². The SMILES string of the molecule is COc1cc(C(=O)O)ccc1NC(=O)C/N=C/CC(C)(C)C. The lowest BCUT2D eigenvalue weighted by atomic mass is 9.93. The van der Waals surface area contributed by atoms with Gasteiger partial charge < -0.3 is 15.2 Å². The number of carboxylic acid groups (broad SMARTS) is 1. The molecule has 0 saturated heterocycles. The minimum atomic E-state index is -1.05. The first-order chi connectivity index (χ1) is 10.2. The maximum absolute atomic E-state index is 11.8. The van der Waals surface area contributed by atoms with Crippen LogP contribution in [0.1, 0.15) is 37.6 Å². The summed E-state index contributed by atoms with van der Waals surface area (Å²) in [4.78, 5) is 26.8. The van der Waals surface area contributed by atoms with Gasteiger partial charge in [-0.05, 0) is 36.2 Å². The van der Waals surface area contributed by atoms with Crippen molar-refractivity contribution < 1.29 is 19.4 Å². The monoisotopic (exact) mass is 306 g/mol. The number of nitrogens with one attached hydrogen (secondary N) is 1. The second kappa shape index (κ2) is 7.59. The molecule has 0 bridgehead atoms. The van der Waals surface area contributed by atoms with E-state index in [1.165, 1.54) is 25.3 Å². The van der Waals surface area contributed by atoms with E-state index in [0.717, 1.165) is 6.42 Å². The molecule has 0 aliphatic carbocycles. The third-order valence-corrected chi connectivity index (χ3v) is 2.79. The van der Waals surface area contributed by atoms with Gasteiger partial charge in [-0.3, -0.25) is 9.79 Å². The highest BCUT2D eigenvalue weighted by atomic mass is 16.5. The van der Waals surface area contributed by atoms with E-state index in [1.54, 1.807) is 6.21 Å². The first kappa shape index (κ1) is 17.7. The number of benzene rings is 1. The molecular weight excluding hydrogens is 284 g/mol. The molecule has 2 N–H and O–H groups in total. The zero-order valence-corrected chi connectivity index (χ0v) is 13.3. The van der Waals surface area contributed by atoms with Crippen LogP contribution in [0.5, 0.6) is 5.75 Å². The zero-order valence-electron chi connectivity index (χ0n) is 13.3. The number of aromatic carboxylic acids is 1. The summed E-state index contributed by atoms with van der Waals surface area (Å²) in [7, 11) is 1.41. The van der Waals surface area contributed by atoms with Gasteiger partial charge in [-0.1, -0.05) is 20.8 Å². The lowest BCUT2D eigenvalue weighted by Crippen LogP contribution is -2.16. The Kier molecular flexibility index (Phi) is 6.10. The third kappa shape index (κ3) is 5.95. The van der Waals surface area contributed by atoms with E-state index in [4.69, 9.17) is 9.84 Å². The van der Waals surface area contributed by atoms with Gasteiger partial charge in [0.05, 0.1) is 18.4 Å². The molecule has 0 aliphatic heterocycles. The van der Waals surface area contributed by atoms with Gasteiger partial charge in [0.2, 0.25) is 5.91 Å². The van der Waals surface area contributed by atoms with Crippen LogP contribution in [0.3, 0.4) is 0 Å². The second-order valence-electron chi connectivity index (χ2n) is 6.06. The molecule has 0 aromatic heterocycles. The molecule has 1 aromatic carbocycles. The minimum absolute atomic E-state index is 0.0138. The highest BCUT2D eigenvalue weighted by Crippen LogP contribution is 2.25. The van der Waals surface area contributed by atoms with Crippen molar-refractivity contribution in [3.8, 4) is 5.75 Å². The van der Waals surface area contributed by atoms with E-state index in [-0.39, 0.29) is 23.4 Å². The van der Waals surface area contributed by atoms with Crippen LogP contribution in [0, 0.1) is 5.41 Å². The van der Waals surface area contributed by atoms with Gasteiger partial charge >= 0.3 is 5.97 Å². The van der Waals surface area contributed by atoms with Gasteiger partial charge in [-0.15, -0.1) is 0 Å². The Balaban J connectivity index is 2.66. The molecule has 0 heterocycles. The Morgan fingerprint density at radius 3 is 2.59 bits per heavy atom. The molecule has 0 aliphatic rings. The summed E-state index contributed by atoms with van der Waals surface area (Å²) in [6.07, 6.45) is 2.53. The number of carbonyl (C=O) groups is 2. The Labute approximate surface area is 130 Å². The minimum Gasteiger partial charge on any atom is -0.495 e. The summed E-state index contributed by atoms with van der Waals surface area (Å²) < 4.78 is 5.09. The van der Waals surface area contributed by atoms with E-state index < -0.39 is 5.97 Å². The Morgan fingerprint density at radius 2 is 2.05 bits per heavy atom. The van der Waals surface area contributed by atoms with E-state index >= 15 is 0 Å². The van der Waals surface area contributed by atoms with Crippen molar-refractivity contribution in [2.75, 3.05) is 19.0 Å². The highest BCUT2D eigenvalue weighted by Gasteiger charge is 2.11. The number of carbonyl (C=O) groups excluding carboxylic acids is 1. The third-order valence-electron chi connectivity index (χ3n) is 2.79. The van der Waals surface area contributed by atoms with Crippen molar-refractivity contribution in [1.29, 1.82) is 0 Å². The summed E-state index contributed by atoms with van der Waals surface area (Å²) in [5.41, 5.74) is 0.650. The molecule has 1 aromatic rings. The van der Waals surface area contributed by atoms with Crippen LogP contribution >= 0.6 is 0 Å². The van der Waals surface area contributed by atoms with Crippen molar-refractivity contribution >= 4 is 23.8 Å². The molecule has 0 unspecified atom stereocenters. The predicted molar refractivity (Wildman–Crippen MR) is 86.0 cm³/mol. The quantitative estimate of drug-likeness (QED) is 0.791. The molecule has 120 valence electrons. The largest absolute Gasteiger partial charge is 0.495 e. The van der Waals surface area contributed by atoms with Crippen molar-refractivity contribution in [2.45, 2.75) is 27.2 Å². The van der Waals surface area contributed by atoms with Crippen molar-refractivity contribution in [3.63, 3.8) is 0 Å². The van der Waals surface area contributed by atoms with Crippen LogP contribution in [0.2, 0.25) is 0 Å². The second-order valence-corrected chi connectivity index (χ2v) is 6.06. The van der Waals surface area contributed by atoms with Crippen molar-refractivity contribution in [2.24, 2.45) is 10.4 Å². The summed E-state index contributed by atoms with van der Waals surface area (Å²) in [5, 5.41) is 11.6. The zero-order chi connectivity index (χ0) is 16.8. The van der Waals surface area contributed by atoms with Crippen LogP contribution in [0.15, 0.2) is 23.2 Å². The lowest BCUT2D eigenvalue weighted by Gasteiger charge is -2.13. The van der Waals surface area contributed by atoms with Crippen LogP contribution < -0.4 is 10.1 Å². The van der Waals surface area contributed by atoms with Gasteiger partial charge in [0.15, 0.2) is 0 Å². The van der Waals surface area contributed by atoms with E-state index in [9.17, 15) is 9.59 Å². The maximum Gasteiger partial charge on any atom is 0.335 e. The van der Waals surface area contributed by atoms with Crippen molar-refractivity contribution in [1.82, 2.24) is 0 Å². The number of rotatable bonds is 6. The average molecular weight is 306 g/mol. The molecule has 0 atom stereocenters. The van der Waals surface area contributed by atoms with Crippen molar-refractivity contribution in [3.05, 3.63) is 23.8 Å². The summed E-state index contributed by atoms with van der Waals surface area (Å²) >= 11 is 0. The fourth-order valence-corrected chi connectivity index (χ4v) is 1.60. The Bertz CT molecular complexity index is 574. The Morgan fingerprint density at radius 1 is 1.36 bits per heavy atom. The molecular formula is C16H22N2O4. The molecule has 0 radical (unpaired) electrons. The van der Waals surface area contributed by atoms with E-state index in [0.29, 0.717) is 11.4 Å². The number of anilines is 1. The predicted octanol–water partition coefficient (Wildman–Crippen LogP) is 2.84. The van der Waals surface area contributed by atoms with Crippen LogP contribution in [-0.4, -0.2) is 36.9 Å². The summed E-state index contributed by atoms with van der Waals surface area (Å²) in [6.45, 7) is 6.29. The van der Waals surface area contributed by atoms with Gasteiger partial charge in [-0.2, -0.15) is 0 Å². The summed E-state index contributed by atoms with van der Waals surface area (Å²) in [6, 6.07) is 4.27. The Hall–Kier alpha value is -2.37. The van der Waals surface area contributed by atoms with Gasteiger partial charge in [-0.25, -0.2) is 4.79 Å². The van der Waals surface area contributed by atoms with Gasteiger partial charge in [0.25, 0.3) is 0 Å². The molecule has 6 heteroatoms. The first-order valence-electron chi connectivity index (χ1n) is 6.92. The number of aliphatic imine (C=N–C) groups is 1. The lowest BCUT2D eigenvalue weighted by molar-refractivity contribution is -0.114. The molecule has 1 amide bonds. The highest BCUT2D eigenvalue weighted by molar-refractivity contribution is 5.96. The fourth-order valence-electron chi connectivity index (χ4n) is 1.60. The van der Waals surface area contributed by atoms with Gasteiger partial charge in [0.1, 0.15) is 12.3 Å². The molecule has 1 rings (SSSR count). The number of carboxylic acids is 1. The van der Waals surface area contributed by atoms with Crippen LogP contribution in [-0.2, 0) is 4.79 Å². The standard InChI is InChI=1S/C16H22N2O4/c1-16(2,3)7-8-17-10-14(19)18-12-6-5-11(15(20)21)9-13(12)22-4/h5-6,8-9H,7,10H2,1-4H3,(H,18,19)(H,20,21)/b17-8+. The molecule has 6 nitrogen and oxygen atoms in total. The molecule has 0 saturated carbocycles. The first-order valence-corrected chi connectivity index (χ1v) is 6.92. The fraction of sp³-hybridized carbons (Fsp3) is 0.438. The van der Waals surface area contributed by atoms with E-state index in [2.05, 4.69) is 31.1 Å². The smallest absolute Gasteiger partial charge is 0.335 e. The normalized spacial score (nSPS) is 11.5.